The van der Waals surface area contributed by atoms with Gasteiger partial charge in [-0.05, 0) is 56.6 Å². The number of likely N-dealkylation sites (tertiary alicyclic amines) is 1. The molecule has 3 nitrogen and oxygen atoms in total. The number of fused-ring (bicyclic) bond motifs is 1. The van der Waals surface area contributed by atoms with Crippen LogP contribution in [0, 0.1) is 5.92 Å². The average Bonchev–Trinajstić information content (AvgIpc) is 2.84. The van der Waals surface area contributed by atoms with Crippen LogP contribution >= 0.6 is 0 Å². The van der Waals surface area contributed by atoms with Gasteiger partial charge in [-0.3, -0.25) is 0 Å². The van der Waals surface area contributed by atoms with Crippen molar-refractivity contribution in [2.24, 2.45) is 5.92 Å². The predicted molar refractivity (Wildman–Crippen MR) is 77.0 cm³/mol. The number of rotatable bonds is 3. The van der Waals surface area contributed by atoms with E-state index in [0.717, 1.165) is 12.5 Å². The number of H-pyrrole nitrogens is 1. The van der Waals surface area contributed by atoms with E-state index in [1.54, 1.807) is 0 Å². The van der Waals surface area contributed by atoms with E-state index >= 15 is 0 Å². The topological polar surface area (TPSA) is 31.1 Å². The summed E-state index contributed by atoms with van der Waals surface area (Å²) in [5, 5.41) is 4.85. The van der Waals surface area contributed by atoms with Gasteiger partial charge >= 0.3 is 0 Å². The first kappa shape index (κ1) is 11.6. The zero-order valence-corrected chi connectivity index (χ0v) is 10.9. The number of nitrogens with one attached hydrogen (secondary N) is 2. The molecule has 2 heterocycles. The number of benzene rings is 1. The Morgan fingerprint density at radius 3 is 3.22 bits per heavy atom. The van der Waals surface area contributed by atoms with Crippen LogP contribution in [-0.2, 0) is 0 Å². The van der Waals surface area contributed by atoms with Gasteiger partial charge < -0.3 is 15.2 Å². The van der Waals surface area contributed by atoms with Gasteiger partial charge in [0.25, 0.3) is 0 Å². The van der Waals surface area contributed by atoms with E-state index in [9.17, 15) is 0 Å². The summed E-state index contributed by atoms with van der Waals surface area (Å²) in [6.07, 6.45) is 4.67. The van der Waals surface area contributed by atoms with Crippen molar-refractivity contribution in [1.29, 1.82) is 0 Å². The molecule has 18 heavy (non-hydrogen) atoms. The summed E-state index contributed by atoms with van der Waals surface area (Å²) in [4.78, 5) is 5.66. The molecular formula is C15H21N3. The molecule has 0 aliphatic carbocycles. The van der Waals surface area contributed by atoms with E-state index in [1.165, 1.54) is 42.5 Å². The molecule has 1 unspecified atom stereocenters. The first-order chi connectivity index (χ1) is 8.81. The highest BCUT2D eigenvalue weighted by Crippen LogP contribution is 2.20. The highest BCUT2D eigenvalue weighted by molar-refractivity contribution is 5.82. The molecule has 1 aromatic carbocycles. The van der Waals surface area contributed by atoms with Crippen LogP contribution in [0.15, 0.2) is 30.5 Å². The standard InChI is InChI=1S/C15H21N3/c1-18-8-2-3-12(11-18)10-17-14-4-5-15-13(9-14)6-7-16-15/h4-7,9,12,16-17H,2-3,8,10-11H2,1H3. The highest BCUT2D eigenvalue weighted by atomic mass is 15.1. The Bertz CT molecular complexity index is 517. The molecule has 0 bridgehead atoms. The number of hydrogen-bond donors (Lipinski definition) is 2. The largest absolute Gasteiger partial charge is 0.385 e. The third-order valence-electron chi connectivity index (χ3n) is 3.87. The lowest BCUT2D eigenvalue weighted by molar-refractivity contribution is 0.217. The fraction of sp³-hybridized carbons (Fsp3) is 0.467. The van der Waals surface area contributed by atoms with Gasteiger partial charge in [0.05, 0.1) is 0 Å². The van der Waals surface area contributed by atoms with Gasteiger partial charge in [-0.1, -0.05) is 0 Å². The van der Waals surface area contributed by atoms with Crippen molar-refractivity contribution in [1.82, 2.24) is 9.88 Å². The van der Waals surface area contributed by atoms with Gasteiger partial charge in [0.1, 0.15) is 0 Å². The smallest absolute Gasteiger partial charge is 0.0455 e. The second-order valence-corrected chi connectivity index (χ2v) is 5.43. The van der Waals surface area contributed by atoms with E-state index < -0.39 is 0 Å². The molecule has 1 saturated heterocycles. The molecule has 1 aliphatic rings. The average molecular weight is 243 g/mol. The number of piperidine rings is 1. The monoisotopic (exact) mass is 243 g/mol. The number of anilines is 1. The Balaban J connectivity index is 1.61. The summed E-state index contributed by atoms with van der Waals surface area (Å²) >= 11 is 0. The first-order valence-electron chi connectivity index (χ1n) is 6.81. The van der Waals surface area contributed by atoms with Crippen molar-refractivity contribution < 1.29 is 0 Å². The van der Waals surface area contributed by atoms with Gasteiger partial charge in [-0.2, -0.15) is 0 Å². The van der Waals surface area contributed by atoms with E-state index in [1.807, 2.05) is 6.20 Å². The van der Waals surface area contributed by atoms with E-state index in [4.69, 9.17) is 0 Å². The lowest BCUT2D eigenvalue weighted by Crippen LogP contribution is -2.35. The summed E-state index contributed by atoms with van der Waals surface area (Å²) in [6.45, 7) is 3.56. The SMILES string of the molecule is CN1CCCC(CNc2ccc3[nH]ccc3c2)C1. The van der Waals surface area contributed by atoms with Crippen molar-refractivity contribution in [3.63, 3.8) is 0 Å². The van der Waals surface area contributed by atoms with Crippen LogP contribution in [0.4, 0.5) is 5.69 Å². The molecule has 1 aliphatic heterocycles. The molecule has 3 rings (SSSR count). The van der Waals surface area contributed by atoms with Crippen LogP contribution in [0.3, 0.4) is 0 Å². The van der Waals surface area contributed by atoms with Crippen LogP contribution in [0.1, 0.15) is 12.8 Å². The van der Waals surface area contributed by atoms with Gasteiger partial charge in [-0.15, -0.1) is 0 Å². The molecule has 0 radical (unpaired) electrons. The van der Waals surface area contributed by atoms with Crippen LogP contribution in [0.25, 0.3) is 10.9 Å². The van der Waals surface area contributed by atoms with Crippen molar-refractivity contribution in [2.75, 3.05) is 32.0 Å². The lowest BCUT2D eigenvalue weighted by Gasteiger charge is -2.29. The quantitative estimate of drug-likeness (QED) is 0.868. The van der Waals surface area contributed by atoms with Crippen molar-refractivity contribution in [2.45, 2.75) is 12.8 Å². The number of hydrogen-bond acceptors (Lipinski definition) is 2. The maximum absolute atomic E-state index is 3.58. The molecule has 1 aromatic heterocycles. The van der Waals surface area contributed by atoms with Gasteiger partial charge in [0.2, 0.25) is 0 Å². The fourth-order valence-corrected chi connectivity index (χ4v) is 2.87. The molecule has 1 atom stereocenters. The van der Waals surface area contributed by atoms with E-state index in [0.29, 0.717) is 0 Å². The molecule has 0 spiro atoms. The van der Waals surface area contributed by atoms with Crippen molar-refractivity contribution in [3.05, 3.63) is 30.5 Å². The second kappa shape index (κ2) is 5.02. The lowest BCUT2D eigenvalue weighted by atomic mass is 9.98. The maximum Gasteiger partial charge on any atom is 0.0455 e. The minimum atomic E-state index is 0.783. The van der Waals surface area contributed by atoms with Crippen LogP contribution in [0.2, 0.25) is 0 Å². The Hall–Kier alpha value is -1.48. The van der Waals surface area contributed by atoms with E-state index in [-0.39, 0.29) is 0 Å². The zero-order chi connectivity index (χ0) is 12.4. The summed E-state index contributed by atoms with van der Waals surface area (Å²) in [7, 11) is 2.22. The predicted octanol–water partition coefficient (Wildman–Crippen LogP) is 2.92. The zero-order valence-electron chi connectivity index (χ0n) is 10.9. The second-order valence-electron chi connectivity index (χ2n) is 5.43. The van der Waals surface area contributed by atoms with Crippen molar-refractivity contribution in [3.8, 4) is 0 Å². The van der Waals surface area contributed by atoms with Gasteiger partial charge in [0.15, 0.2) is 0 Å². The first-order valence-corrected chi connectivity index (χ1v) is 6.81. The van der Waals surface area contributed by atoms with Crippen LogP contribution < -0.4 is 5.32 Å². The van der Waals surface area contributed by atoms with Gasteiger partial charge in [0, 0.05) is 35.9 Å². The van der Waals surface area contributed by atoms with Crippen LogP contribution in [0.5, 0.6) is 0 Å². The van der Waals surface area contributed by atoms with Gasteiger partial charge in [-0.25, -0.2) is 0 Å². The summed E-state index contributed by atoms with van der Waals surface area (Å²) in [6, 6.07) is 8.64. The number of aromatic amines is 1. The molecule has 96 valence electrons. The Kier molecular flexibility index (Phi) is 3.24. The number of nitrogens with zero attached hydrogens (tertiary/aromatic N) is 1. The fourth-order valence-electron chi connectivity index (χ4n) is 2.87. The van der Waals surface area contributed by atoms with E-state index in [2.05, 4.69) is 46.5 Å². The number of aromatic nitrogens is 1. The molecule has 2 aromatic rings. The normalized spacial score (nSPS) is 21.3. The Morgan fingerprint density at radius 2 is 2.33 bits per heavy atom. The molecule has 2 N–H and O–H groups in total. The summed E-state index contributed by atoms with van der Waals surface area (Å²) in [5.74, 6) is 0.783. The third kappa shape index (κ3) is 2.51. The Labute approximate surface area is 108 Å². The minimum absolute atomic E-state index is 0.783. The molecular weight excluding hydrogens is 222 g/mol. The highest BCUT2D eigenvalue weighted by Gasteiger charge is 2.16. The summed E-state index contributed by atoms with van der Waals surface area (Å²) in [5.41, 5.74) is 2.44. The molecule has 0 amide bonds. The summed E-state index contributed by atoms with van der Waals surface area (Å²) < 4.78 is 0. The maximum atomic E-state index is 3.58. The Morgan fingerprint density at radius 1 is 1.39 bits per heavy atom. The molecule has 3 heteroatoms. The van der Waals surface area contributed by atoms with Crippen LogP contribution in [-0.4, -0.2) is 36.6 Å². The molecule has 0 saturated carbocycles. The molecule has 1 fully saturated rings. The van der Waals surface area contributed by atoms with Crippen molar-refractivity contribution >= 4 is 16.6 Å². The third-order valence-corrected chi connectivity index (χ3v) is 3.87. The minimum Gasteiger partial charge on any atom is -0.385 e.